The van der Waals surface area contributed by atoms with Crippen molar-refractivity contribution >= 4 is 5.78 Å². The van der Waals surface area contributed by atoms with E-state index in [2.05, 4.69) is 22.0 Å². The molecule has 0 bridgehead atoms. The minimum absolute atomic E-state index is 0.182. The summed E-state index contributed by atoms with van der Waals surface area (Å²) in [5, 5.41) is 14.1. The molecular weight excluding hydrogens is 216 g/mol. The maximum absolute atomic E-state index is 10.1. The molecule has 92 valence electrons. The molecule has 0 aromatic carbocycles. The van der Waals surface area contributed by atoms with Crippen molar-refractivity contribution in [2.45, 2.75) is 46.0 Å². The van der Waals surface area contributed by atoms with E-state index < -0.39 is 0 Å². The molecule has 0 saturated carbocycles. The Balaban J connectivity index is 2.20. The highest BCUT2D eigenvalue weighted by Gasteiger charge is 2.12. The average Bonchev–Trinajstić information content (AvgIpc) is 2.76. The number of aryl methyl sites for hydroxylation is 1. The largest absolute Gasteiger partial charge is 0.493 e. The number of aromatic hydroxyl groups is 1. The van der Waals surface area contributed by atoms with Crippen LogP contribution in [-0.2, 0) is 6.42 Å². The third-order valence-corrected chi connectivity index (χ3v) is 2.99. The van der Waals surface area contributed by atoms with Crippen molar-refractivity contribution in [1.29, 1.82) is 0 Å². The van der Waals surface area contributed by atoms with Crippen LogP contribution in [0.2, 0.25) is 0 Å². The number of aromatic nitrogens is 4. The number of hydrogen-bond acceptors (Lipinski definition) is 4. The molecule has 2 aromatic rings. The molecular formula is C12H18N4O. The highest BCUT2D eigenvalue weighted by molar-refractivity contribution is 5.39. The van der Waals surface area contributed by atoms with Gasteiger partial charge in [0, 0.05) is 11.3 Å². The molecule has 5 nitrogen and oxygen atoms in total. The van der Waals surface area contributed by atoms with E-state index in [4.69, 9.17) is 0 Å². The van der Waals surface area contributed by atoms with Gasteiger partial charge in [0.05, 0.1) is 0 Å². The van der Waals surface area contributed by atoms with E-state index >= 15 is 0 Å². The predicted octanol–water partition coefficient (Wildman–Crippen LogP) is 2.26. The Bertz CT molecular complexity index is 506. The van der Waals surface area contributed by atoms with Crippen molar-refractivity contribution in [2.75, 3.05) is 0 Å². The van der Waals surface area contributed by atoms with E-state index in [9.17, 15) is 5.11 Å². The van der Waals surface area contributed by atoms with Crippen molar-refractivity contribution in [2.24, 2.45) is 0 Å². The van der Waals surface area contributed by atoms with Crippen LogP contribution in [0.5, 0.6) is 5.88 Å². The van der Waals surface area contributed by atoms with Crippen LogP contribution in [0.25, 0.3) is 5.78 Å². The molecule has 0 aliphatic heterocycles. The first-order valence-corrected chi connectivity index (χ1v) is 6.12. The average molecular weight is 234 g/mol. The Hall–Kier alpha value is -1.65. The third kappa shape index (κ3) is 2.38. The molecule has 2 heterocycles. The number of nitrogens with zero attached hydrogens (tertiary/aromatic N) is 4. The molecule has 0 radical (unpaired) electrons. The smallest absolute Gasteiger partial charge is 0.255 e. The van der Waals surface area contributed by atoms with Gasteiger partial charge >= 0.3 is 0 Å². The lowest BCUT2D eigenvalue weighted by Gasteiger charge is -2.08. The Labute approximate surface area is 101 Å². The second-order valence-electron chi connectivity index (χ2n) is 4.28. The zero-order chi connectivity index (χ0) is 12.3. The molecule has 5 heteroatoms. The summed E-state index contributed by atoms with van der Waals surface area (Å²) < 4.78 is 1.39. The normalized spacial score (nSPS) is 11.2. The van der Waals surface area contributed by atoms with Crippen LogP contribution >= 0.6 is 0 Å². The molecule has 0 atom stereocenters. The minimum Gasteiger partial charge on any atom is -0.493 e. The zero-order valence-corrected chi connectivity index (χ0v) is 10.3. The van der Waals surface area contributed by atoms with Gasteiger partial charge in [-0.1, -0.05) is 26.2 Å². The van der Waals surface area contributed by atoms with Crippen LogP contribution < -0.4 is 0 Å². The molecule has 0 spiro atoms. The first-order chi connectivity index (χ1) is 8.24. The van der Waals surface area contributed by atoms with Gasteiger partial charge in [-0.2, -0.15) is 14.6 Å². The summed E-state index contributed by atoms with van der Waals surface area (Å²) in [6.45, 7) is 4.09. The molecule has 2 aromatic heterocycles. The molecule has 0 aliphatic carbocycles. The van der Waals surface area contributed by atoms with Crippen molar-refractivity contribution in [3.8, 4) is 5.88 Å². The first kappa shape index (κ1) is 11.8. The second-order valence-corrected chi connectivity index (χ2v) is 4.28. The third-order valence-electron chi connectivity index (χ3n) is 2.99. The fourth-order valence-corrected chi connectivity index (χ4v) is 1.99. The summed E-state index contributed by atoms with van der Waals surface area (Å²) in [6, 6.07) is 0. The summed E-state index contributed by atoms with van der Waals surface area (Å²) in [7, 11) is 0. The van der Waals surface area contributed by atoms with Crippen molar-refractivity contribution in [3.05, 3.63) is 17.6 Å². The van der Waals surface area contributed by atoms with E-state index in [1.807, 2.05) is 6.92 Å². The quantitative estimate of drug-likeness (QED) is 0.806. The van der Waals surface area contributed by atoms with Crippen molar-refractivity contribution in [1.82, 2.24) is 19.6 Å². The summed E-state index contributed by atoms with van der Waals surface area (Å²) in [5.74, 6) is 0.638. The highest BCUT2D eigenvalue weighted by Crippen LogP contribution is 2.22. The Morgan fingerprint density at radius 2 is 2.12 bits per heavy atom. The number of rotatable bonds is 5. The van der Waals surface area contributed by atoms with Gasteiger partial charge in [0.2, 0.25) is 5.88 Å². The van der Waals surface area contributed by atoms with E-state index in [1.54, 1.807) is 0 Å². The van der Waals surface area contributed by atoms with E-state index in [0.29, 0.717) is 5.78 Å². The SMILES string of the molecule is CCCCCCc1c(C)nc2ncnn2c1O. The lowest BCUT2D eigenvalue weighted by atomic mass is 10.1. The second kappa shape index (κ2) is 5.12. The minimum atomic E-state index is 0.182. The van der Waals surface area contributed by atoms with Crippen molar-refractivity contribution in [3.63, 3.8) is 0 Å². The number of hydrogen-bond donors (Lipinski definition) is 1. The number of unbranched alkanes of at least 4 members (excludes halogenated alkanes) is 3. The maximum Gasteiger partial charge on any atom is 0.255 e. The van der Waals surface area contributed by atoms with Crippen LogP contribution in [0.15, 0.2) is 6.33 Å². The monoisotopic (exact) mass is 234 g/mol. The van der Waals surface area contributed by atoms with Gasteiger partial charge in [-0.15, -0.1) is 0 Å². The zero-order valence-electron chi connectivity index (χ0n) is 10.3. The molecule has 0 aliphatic rings. The molecule has 1 N–H and O–H groups in total. The number of fused-ring (bicyclic) bond motifs is 1. The lowest BCUT2D eigenvalue weighted by molar-refractivity contribution is 0.425. The van der Waals surface area contributed by atoms with Gasteiger partial charge in [0.1, 0.15) is 6.33 Å². The van der Waals surface area contributed by atoms with Crippen LogP contribution in [0.4, 0.5) is 0 Å². The molecule has 0 fully saturated rings. The Morgan fingerprint density at radius 3 is 2.88 bits per heavy atom. The standard InChI is InChI=1S/C12H18N4O/c1-3-4-5-6-7-10-9(2)15-12-13-8-14-16(12)11(10)17/h8,17H,3-7H2,1-2H3. The van der Waals surface area contributed by atoms with Gasteiger partial charge in [-0.25, -0.2) is 4.98 Å². The summed E-state index contributed by atoms with van der Waals surface area (Å²) in [4.78, 5) is 8.30. The first-order valence-electron chi connectivity index (χ1n) is 6.12. The van der Waals surface area contributed by atoms with Crippen LogP contribution in [-0.4, -0.2) is 24.7 Å². The van der Waals surface area contributed by atoms with Gasteiger partial charge in [-0.05, 0) is 19.8 Å². The molecule has 0 amide bonds. The van der Waals surface area contributed by atoms with E-state index in [0.717, 1.165) is 24.1 Å². The predicted molar refractivity (Wildman–Crippen MR) is 65.0 cm³/mol. The van der Waals surface area contributed by atoms with Gasteiger partial charge in [0.15, 0.2) is 0 Å². The topological polar surface area (TPSA) is 63.3 Å². The highest BCUT2D eigenvalue weighted by atomic mass is 16.3. The van der Waals surface area contributed by atoms with Crippen molar-refractivity contribution < 1.29 is 5.11 Å². The summed E-state index contributed by atoms with van der Waals surface area (Å²) in [6.07, 6.45) is 6.96. The fraction of sp³-hybridized carbons (Fsp3) is 0.583. The van der Waals surface area contributed by atoms with E-state index in [1.165, 1.54) is 30.1 Å². The molecule has 17 heavy (non-hydrogen) atoms. The molecule has 2 rings (SSSR count). The Morgan fingerprint density at radius 1 is 1.29 bits per heavy atom. The van der Waals surface area contributed by atoms with Crippen LogP contribution in [0.1, 0.15) is 43.9 Å². The summed E-state index contributed by atoms with van der Waals surface area (Å²) in [5.41, 5.74) is 1.73. The molecule has 0 saturated heterocycles. The fourth-order valence-electron chi connectivity index (χ4n) is 1.99. The van der Waals surface area contributed by atoms with Gasteiger partial charge in [0.25, 0.3) is 5.78 Å². The Kier molecular flexibility index (Phi) is 3.56. The lowest BCUT2D eigenvalue weighted by Crippen LogP contribution is -2.02. The maximum atomic E-state index is 10.1. The van der Waals surface area contributed by atoms with Gasteiger partial charge < -0.3 is 5.11 Å². The van der Waals surface area contributed by atoms with E-state index in [-0.39, 0.29) is 5.88 Å². The van der Waals surface area contributed by atoms with Crippen LogP contribution in [0, 0.1) is 6.92 Å². The van der Waals surface area contributed by atoms with Gasteiger partial charge in [-0.3, -0.25) is 0 Å². The summed E-state index contributed by atoms with van der Waals surface area (Å²) >= 11 is 0. The van der Waals surface area contributed by atoms with Crippen LogP contribution in [0.3, 0.4) is 0 Å². The molecule has 0 unspecified atom stereocenters.